The summed E-state index contributed by atoms with van der Waals surface area (Å²) in [5.74, 6) is 1.22. The number of aromatic nitrogens is 1. The summed E-state index contributed by atoms with van der Waals surface area (Å²) in [6.07, 6.45) is 0. The third-order valence-corrected chi connectivity index (χ3v) is 5.08. The van der Waals surface area contributed by atoms with E-state index in [1.54, 1.807) is 0 Å². The second kappa shape index (κ2) is 5.38. The average molecular weight is 257 g/mol. The number of anilines is 1. The maximum atomic E-state index is 4.68. The van der Waals surface area contributed by atoms with Crippen LogP contribution in [0, 0.1) is 6.92 Å². The van der Waals surface area contributed by atoms with E-state index in [1.165, 1.54) is 21.5 Å². The van der Waals surface area contributed by atoms with E-state index in [9.17, 15) is 0 Å². The molecule has 1 N–H and O–H groups in total. The first-order chi connectivity index (χ1) is 7.70. The van der Waals surface area contributed by atoms with E-state index in [-0.39, 0.29) is 0 Å². The van der Waals surface area contributed by atoms with Gasteiger partial charge in [-0.25, -0.2) is 4.98 Å². The van der Waals surface area contributed by atoms with E-state index < -0.39 is 0 Å². The molecule has 0 saturated carbocycles. The molecule has 5 heteroatoms. The smallest absolute Gasteiger partial charge is 0.185 e. The highest BCUT2D eigenvalue weighted by atomic mass is 32.2. The number of thioether (sulfide) groups is 1. The van der Waals surface area contributed by atoms with Gasteiger partial charge in [0.25, 0.3) is 0 Å². The van der Waals surface area contributed by atoms with Crippen LogP contribution in [-0.4, -0.2) is 36.1 Å². The number of hydrogen-bond donors (Lipinski definition) is 1. The quantitative estimate of drug-likeness (QED) is 0.898. The molecule has 0 amide bonds. The minimum atomic E-state index is 0.728. The van der Waals surface area contributed by atoms with Gasteiger partial charge in [-0.2, -0.15) is 11.8 Å². The minimum Gasteiger partial charge on any atom is -0.346 e. The number of thiazole rings is 1. The zero-order valence-electron chi connectivity index (χ0n) is 10.1. The molecule has 0 radical (unpaired) electrons. The Morgan fingerprint density at radius 1 is 1.56 bits per heavy atom. The molecule has 0 spiro atoms. The van der Waals surface area contributed by atoms with Gasteiger partial charge in [0.05, 0.1) is 5.69 Å². The molecule has 1 atom stereocenters. The summed E-state index contributed by atoms with van der Waals surface area (Å²) >= 11 is 3.90. The van der Waals surface area contributed by atoms with E-state index in [1.807, 2.05) is 18.4 Å². The van der Waals surface area contributed by atoms with Gasteiger partial charge in [-0.05, 0) is 14.0 Å². The largest absolute Gasteiger partial charge is 0.346 e. The number of nitrogens with one attached hydrogen (secondary N) is 1. The monoisotopic (exact) mass is 257 g/mol. The molecule has 1 fully saturated rings. The molecule has 2 rings (SSSR count). The first-order valence-corrected chi connectivity index (χ1v) is 7.54. The van der Waals surface area contributed by atoms with Crippen LogP contribution in [0.3, 0.4) is 0 Å². The molecule has 90 valence electrons. The molecular formula is C11H19N3S2. The molecule has 0 aliphatic carbocycles. The first-order valence-electron chi connectivity index (χ1n) is 5.68. The van der Waals surface area contributed by atoms with Crippen molar-refractivity contribution in [3.63, 3.8) is 0 Å². The summed E-state index contributed by atoms with van der Waals surface area (Å²) in [4.78, 5) is 8.48. The Kier molecular flexibility index (Phi) is 4.10. The van der Waals surface area contributed by atoms with Gasteiger partial charge in [-0.1, -0.05) is 6.92 Å². The Hall–Kier alpha value is -0.260. The predicted octanol–water partition coefficient (Wildman–Crippen LogP) is 2.11. The van der Waals surface area contributed by atoms with Gasteiger partial charge < -0.3 is 10.2 Å². The van der Waals surface area contributed by atoms with E-state index in [4.69, 9.17) is 0 Å². The Bertz CT molecular complexity index is 351. The molecule has 1 aliphatic rings. The van der Waals surface area contributed by atoms with Gasteiger partial charge in [-0.15, -0.1) is 11.3 Å². The second-order valence-electron chi connectivity index (χ2n) is 4.16. The van der Waals surface area contributed by atoms with E-state index >= 15 is 0 Å². The van der Waals surface area contributed by atoms with Crippen molar-refractivity contribution >= 4 is 28.2 Å². The molecule has 1 unspecified atom stereocenters. The van der Waals surface area contributed by atoms with Crippen LogP contribution >= 0.6 is 23.1 Å². The van der Waals surface area contributed by atoms with Crippen molar-refractivity contribution in [2.24, 2.45) is 0 Å². The van der Waals surface area contributed by atoms with E-state index in [0.717, 1.165) is 24.9 Å². The lowest BCUT2D eigenvalue weighted by atomic mass is 10.4. The third kappa shape index (κ3) is 2.70. The Morgan fingerprint density at radius 2 is 2.38 bits per heavy atom. The lowest BCUT2D eigenvalue weighted by molar-refractivity contribution is 0.777. The molecule has 1 aromatic heterocycles. The number of rotatable bonds is 3. The third-order valence-electron chi connectivity index (χ3n) is 2.73. The highest BCUT2D eigenvalue weighted by Gasteiger charge is 2.20. The second-order valence-corrected chi connectivity index (χ2v) is 6.77. The van der Waals surface area contributed by atoms with Crippen LogP contribution in [0.1, 0.15) is 17.5 Å². The lowest BCUT2D eigenvalue weighted by Gasteiger charge is -2.30. The van der Waals surface area contributed by atoms with Gasteiger partial charge in [-0.3, -0.25) is 0 Å². The van der Waals surface area contributed by atoms with Gasteiger partial charge in [0.2, 0.25) is 0 Å². The molecule has 0 bridgehead atoms. The van der Waals surface area contributed by atoms with Crippen molar-refractivity contribution in [1.82, 2.24) is 10.3 Å². The number of nitrogens with zero attached hydrogens (tertiary/aromatic N) is 2. The summed E-state index contributed by atoms with van der Waals surface area (Å²) in [5, 5.41) is 5.13. The Balaban J connectivity index is 2.10. The summed E-state index contributed by atoms with van der Waals surface area (Å²) in [7, 11) is 1.98. The van der Waals surface area contributed by atoms with Crippen LogP contribution in [0.15, 0.2) is 0 Å². The van der Waals surface area contributed by atoms with Crippen molar-refractivity contribution < 1.29 is 0 Å². The molecule has 16 heavy (non-hydrogen) atoms. The van der Waals surface area contributed by atoms with Crippen LogP contribution in [0.4, 0.5) is 5.13 Å². The van der Waals surface area contributed by atoms with E-state index in [0.29, 0.717) is 0 Å². The van der Waals surface area contributed by atoms with Crippen LogP contribution in [0.25, 0.3) is 0 Å². The van der Waals surface area contributed by atoms with Gasteiger partial charge in [0, 0.05) is 35.5 Å². The van der Waals surface area contributed by atoms with Crippen molar-refractivity contribution in [3.05, 3.63) is 10.6 Å². The minimum absolute atomic E-state index is 0.728. The van der Waals surface area contributed by atoms with Crippen molar-refractivity contribution in [2.45, 2.75) is 25.6 Å². The molecular weight excluding hydrogens is 238 g/mol. The van der Waals surface area contributed by atoms with E-state index in [2.05, 4.69) is 40.8 Å². The Morgan fingerprint density at radius 3 is 3.06 bits per heavy atom. The number of aryl methyl sites for hydroxylation is 1. The zero-order chi connectivity index (χ0) is 11.5. The van der Waals surface area contributed by atoms with Crippen LogP contribution in [-0.2, 0) is 6.54 Å². The number of hydrogen-bond acceptors (Lipinski definition) is 5. The summed E-state index contributed by atoms with van der Waals surface area (Å²) in [5.41, 5.74) is 1.18. The summed E-state index contributed by atoms with van der Waals surface area (Å²) in [6, 6.07) is 0. The highest BCUT2D eigenvalue weighted by molar-refractivity contribution is 8.00. The van der Waals surface area contributed by atoms with Crippen LogP contribution in [0.2, 0.25) is 0 Å². The fourth-order valence-corrected chi connectivity index (χ4v) is 3.99. The molecule has 2 heterocycles. The predicted molar refractivity (Wildman–Crippen MR) is 73.7 cm³/mol. The highest BCUT2D eigenvalue weighted by Crippen LogP contribution is 2.29. The van der Waals surface area contributed by atoms with Crippen molar-refractivity contribution in [2.75, 3.05) is 30.8 Å². The Labute approximate surface area is 106 Å². The SMILES string of the molecule is CNCc1sc(N2CCSC(C)C2)nc1C. The molecule has 1 aromatic rings. The summed E-state index contributed by atoms with van der Waals surface area (Å²) < 4.78 is 0. The van der Waals surface area contributed by atoms with Crippen LogP contribution < -0.4 is 10.2 Å². The molecule has 0 aromatic carbocycles. The maximum absolute atomic E-state index is 4.68. The average Bonchev–Trinajstić information content (AvgIpc) is 2.61. The molecule has 3 nitrogen and oxygen atoms in total. The van der Waals surface area contributed by atoms with Crippen molar-refractivity contribution in [1.29, 1.82) is 0 Å². The van der Waals surface area contributed by atoms with Gasteiger partial charge in [0.15, 0.2) is 5.13 Å². The normalized spacial score (nSPS) is 21.4. The van der Waals surface area contributed by atoms with Gasteiger partial charge in [0.1, 0.15) is 0 Å². The fourth-order valence-electron chi connectivity index (χ4n) is 1.86. The molecule has 1 saturated heterocycles. The zero-order valence-corrected chi connectivity index (χ0v) is 11.7. The van der Waals surface area contributed by atoms with Gasteiger partial charge >= 0.3 is 0 Å². The van der Waals surface area contributed by atoms with Crippen molar-refractivity contribution in [3.8, 4) is 0 Å². The lowest BCUT2D eigenvalue weighted by Crippen LogP contribution is -2.36. The molecule has 1 aliphatic heterocycles. The topological polar surface area (TPSA) is 28.2 Å². The fraction of sp³-hybridized carbons (Fsp3) is 0.727. The first kappa shape index (κ1) is 12.2. The van der Waals surface area contributed by atoms with Crippen LogP contribution in [0.5, 0.6) is 0 Å². The summed E-state index contributed by atoms with van der Waals surface area (Å²) in [6.45, 7) is 7.61. The maximum Gasteiger partial charge on any atom is 0.185 e. The standard InChI is InChI=1S/C11H19N3S2/c1-8-7-14(4-5-15-8)11-13-9(2)10(16-11)6-12-3/h8,12H,4-7H2,1-3H3.